The summed E-state index contributed by atoms with van der Waals surface area (Å²) in [6.45, 7) is 5.49. The lowest BCUT2D eigenvalue weighted by Gasteiger charge is -2.04. The largest absolute Gasteiger partial charge is 0.379 e. The Labute approximate surface area is 93.3 Å². The quantitative estimate of drug-likeness (QED) is 0.442. The van der Waals surface area contributed by atoms with Crippen molar-refractivity contribution < 1.29 is 9.47 Å². The first-order valence-corrected chi connectivity index (χ1v) is 5.67. The van der Waals surface area contributed by atoms with Crippen LogP contribution >= 0.6 is 0 Å². The minimum absolute atomic E-state index is 0.669. The number of rotatable bonds is 10. The molecule has 0 bridgehead atoms. The van der Waals surface area contributed by atoms with E-state index in [0.29, 0.717) is 19.8 Å². The molecule has 0 saturated heterocycles. The molecule has 0 aromatic heterocycles. The average Bonchev–Trinajstić information content (AvgIpc) is 2.26. The molecule has 3 heteroatoms. The third-order valence-electron chi connectivity index (χ3n) is 1.91. The molecule has 0 fully saturated rings. The van der Waals surface area contributed by atoms with Gasteiger partial charge < -0.3 is 15.2 Å². The maximum atomic E-state index is 5.38. The summed E-state index contributed by atoms with van der Waals surface area (Å²) >= 11 is 0. The van der Waals surface area contributed by atoms with Gasteiger partial charge in [0, 0.05) is 13.0 Å². The molecule has 0 aromatic carbocycles. The van der Waals surface area contributed by atoms with Gasteiger partial charge >= 0.3 is 0 Å². The predicted molar refractivity (Wildman–Crippen MR) is 62.6 cm³/mol. The maximum Gasteiger partial charge on any atom is 0.0700 e. The summed E-state index contributed by atoms with van der Waals surface area (Å²) in [6.07, 6.45) is 4.16. The Morgan fingerprint density at radius 3 is 2.33 bits per heavy atom. The summed E-state index contributed by atoms with van der Waals surface area (Å²) in [4.78, 5) is 0. The Bertz CT molecular complexity index is 172. The van der Waals surface area contributed by atoms with Crippen molar-refractivity contribution in [1.29, 1.82) is 0 Å². The summed E-state index contributed by atoms with van der Waals surface area (Å²) in [5.74, 6) is 5.77. The minimum Gasteiger partial charge on any atom is -0.379 e. The second-order valence-electron chi connectivity index (χ2n) is 3.25. The van der Waals surface area contributed by atoms with Gasteiger partial charge in [-0.15, -0.1) is 11.8 Å². The van der Waals surface area contributed by atoms with Crippen LogP contribution in [0.2, 0.25) is 0 Å². The summed E-state index contributed by atoms with van der Waals surface area (Å²) in [5.41, 5.74) is 5.38. The Kier molecular flexibility index (Phi) is 12.9. The predicted octanol–water partition coefficient (Wildman–Crippen LogP) is 1.56. The molecule has 2 N–H and O–H groups in total. The SMILES string of the molecule is CC#CCCOCCOCCCCCN. The lowest BCUT2D eigenvalue weighted by molar-refractivity contribution is 0.0485. The third kappa shape index (κ3) is 13.4. The van der Waals surface area contributed by atoms with Crippen molar-refractivity contribution in [3.63, 3.8) is 0 Å². The van der Waals surface area contributed by atoms with Crippen LogP contribution in [0.15, 0.2) is 0 Å². The molecule has 3 nitrogen and oxygen atoms in total. The van der Waals surface area contributed by atoms with Gasteiger partial charge in [-0.05, 0) is 32.7 Å². The van der Waals surface area contributed by atoms with Crippen LogP contribution in [0, 0.1) is 11.8 Å². The number of hydrogen-bond donors (Lipinski definition) is 1. The molecule has 0 amide bonds. The van der Waals surface area contributed by atoms with E-state index in [1.165, 1.54) is 0 Å². The van der Waals surface area contributed by atoms with E-state index in [1.54, 1.807) is 0 Å². The lowest BCUT2D eigenvalue weighted by atomic mass is 10.2. The molecule has 0 aliphatic carbocycles. The number of hydrogen-bond acceptors (Lipinski definition) is 3. The zero-order chi connectivity index (χ0) is 11.2. The second-order valence-corrected chi connectivity index (χ2v) is 3.25. The van der Waals surface area contributed by atoms with Crippen LogP contribution in [0.5, 0.6) is 0 Å². The van der Waals surface area contributed by atoms with Crippen LogP contribution in [0.1, 0.15) is 32.6 Å². The zero-order valence-corrected chi connectivity index (χ0v) is 9.76. The number of nitrogens with two attached hydrogens (primary N) is 1. The zero-order valence-electron chi connectivity index (χ0n) is 9.76. The van der Waals surface area contributed by atoms with Crippen LogP contribution in [-0.4, -0.2) is 33.0 Å². The highest BCUT2D eigenvalue weighted by Crippen LogP contribution is 1.93. The van der Waals surface area contributed by atoms with Crippen molar-refractivity contribution in [2.75, 3.05) is 33.0 Å². The van der Waals surface area contributed by atoms with Crippen molar-refractivity contribution in [2.45, 2.75) is 32.6 Å². The van der Waals surface area contributed by atoms with E-state index in [4.69, 9.17) is 15.2 Å². The van der Waals surface area contributed by atoms with Crippen LogP contribution < -0.4 is 5.73 Å². The fourth-order valence-electron chi connectivity index (χ4n) is 1.10. The molecule has 0 rings (SSSR count). The van der Waals surface area contributed by atoms with Crippen molar-refractivity contribution >= 4 is 0 Å². The van der Waals surface area contributed by atoms with E-state index in [1.807, 2.05) is 6.92 Å². The molecule has 0 aliphatic heterocycles. The molecule has 0 aliphatic rings. The molecule has 0 spiro atoms. The fraction of sp³-hybridized carbons (Fsp3) is 0.833. The standard InChI is InChI=1S/C12H23NO2/c1-2-3-6-9-14-11-12-15-10-7-4-5-8-13/h4-13H2,1H3. The Morgan fingerprint density at radius 1 is 0.933 bits per heavy atom. The molecule has 0 heterocycles. The maximum absolute atomic E-state index is 5.38. The van der Waals surface area contributed by atoms with E-state index in [0.717, 1.165) is 38.8 Å². The summed E-state index contributed by atoms with van der Waals surface area (Å²) < 4.78 is 10.7. The molecule has 0 atom stereocenters. The molecule has 15 heavy (non-hydrogen) atoms. The van der Waals surface area contributed by atoms with Gasteiger partial charge in [0.25, 0.3) is 0 Å². The number of ether oxygens (including phenoxy) is 2. The highest BCUT2D eigenvalue weighted by Gasteiger charge is 1.90. The van der Waals surface area contributed by atoms with E-state index >= 15 is 0 Å². The highest BCUT2D eigenvalue weighted by atomic mass is 16.5. The van der Waals surface area contributed by atoms with Gasteiger partial charge in [0.05, 0.1) is 19.8 Å². The van der Waals surface area contributed by atoms with E-state index in [9.17, 15) is 0 Å². The van der Waals surface area contributed by atoms with E-state index < -0.39 is 0 Å². The average molecular weight is 213 g/mol. The van der Waals surface area contributed by atoms with Gasteiger partial charge in [-0.2, -0.15) is 0 Å². The van der Waals surface area contributed by atoms with Gasteiger partial charge in [0.2, 0.25) is 0 Å². The van der Waals surface area contributed by atoms with Crippen molar-refractivity contribution in [3.8, 4) is 11.8 Å². The summed E-state index contributed by atoms with van der Waals surface area (Å²) in [6, 6.07) is 0. The number of unbranched alkanes of at least 4 members (excludes halogenated alkanes) is 2. The van der Waals surface area contributed by atoms with Gasteiger partial charge in [-0.25, -0.2) is 0 Å². The molecule has 88 valence electrons. The Hall–Kier alpha value is -0.560. The lowest BCUT2D eigenvalue weighted by Crippen LogP contribution is -2.06. The second kappa shape index (κ2) is 13.4. The molecular weight excluding hydrogens is 190 g/mol. The van der Waals surface area contributed by atoms with Crippen molar-refractivity contribution in [2.24, 2.45) is 5.73 Å². The smallest absolute Gasteiger partial charge is 0.0700 e. The first-order chi connectivity index (χ1) is 7.41. The first kappa shape index (κ1) is 14.4. The van der Waals surface area contributed by atoms with Crippen molar-refractivity contribution in [1.82, 2.24) is 0 Å². The van der Waals surface area contributed by atoms with Crippen molar-refractivity contribution in [3.05, 3.63) is 0 Å². The summed E-state index contributed by atoms with van der Waals surface area (Å²) in [7, 11) is 0. The molecule has 0 unspecified atom stereocenters. The Morgan fingerprint density at radius 2 is 1.67 bits per heavy atom. The molecule has 0 radical (unpaired) electrons. The summed E-state index contributed by atoms with van der Waals surface area (Å²) in [5, 5.41) is 0. The topological polar surface area (TPSA) is 44.5 Å². The van der Waals surface area contributed by atoms with Crippen LogP contribution in [0.25, 0.3) is 0 Å². The van der Waals surface area contributed by atoms with Gasteiger partial charge in [0.15, 0.2) is 0 Å². The molecule has 0 saturated carbocycles. The molecule has 0 aromatic rings. The fourth-order valence-corrected chi connectivity index (χ4v) is 1.10. The first-order valence-electron chi connectivity index (χ1n) is 5.67. The highest BCUT2D eigenvalue weighted by molar-refractivity contribution is 4.94. The molecular formula is C12H23NO2. The van der Waals surface area contributed by atoms with Crippen LogP contribution in [-0.2, 0) is 9.47 Å². The van der Waals surface area contributed by atoms with E-state index in [-0.39, 0.29) is 0 Å². The normalized spacial score (nSPS) is 9.73. The minimum atomic E-state index is 0.669. The van der Waals surface area contributed by atoms with Crippen LogP contribution in [0.3, 0.4) is 0 Å². The van der Waals surface area contributed by atoms with Gasteiger partial charge in [0.1, 0.15) is 0 Å². The monoisotopic (exact) mass is 213 g/mol. The third-order valence-corrected chi connectivity index (χ3v) is 1.91. The van der Waals surface area contributed by atoms with Crippen LogP contribution in [0.4, 0.5) is 0 Å². The van der Waals surface area contributed by atoms with Gasteiger partial charge in [-0.3, -0.25) is 0 Å². The van der Waals surface area contributed by atoms with E-state index in [2.05, 4.69) is 11.8 Å². The Balaban J connectivity index is 2.88. The van der Waals surface area contributed by atoms with Gasteiger partial charge in [-0.1, -0.05) is 0 Å².